The summed E-state index contributed by atoms with van der Waals surface area (Å²) in [5.41, 5.74) is 6.42. The van der Waals surface area contributed by atoms with Gasteiger partial charge in [-0.25, -0.2) is 0 Å². The highest BCUT2D eigenvalue weighted by atomic mass is 16.6. The zero-order valence-electron chi connectivity index (χ0n) is 9.87. The summed E-state index contributed by atoms with van der Waals surface area (Å²) < 4.78 is 0. The lowest BCUT2D eigenvalue weighted by Gasteiger charge is -2.05. The Morgan fingerprint density at radius 1 is 1.11 bits per heavy atom. The molecule has 0 atom stereocenters. The number of carbonyl (C=O) groups is 1. The lowest BCUT2D eigenvalue weighted by Crippen LogP contribution is -2.13. The normalized spacial score (nSPS) is 9.89. The molecule has 0 aliphatic carbocycles. The Labute approximate surface area is 109 Å². The average Bonchev–Trinajstić information content (AvgIpc) is 2.41. The molecule has 3 N–H and O–H groups in total. The molecule has 0 bridgehead atoms. The molecule has 2 rings (SSSR count). The number of nitrogens with one attached hydrogen (secondary N) is 1. The lowest BCUT2D eigenvalue weighted by atomic mass is 10.1. The number of nitro groups is 1. The summed E-state index contributed by atoms with van der Waals surface area (Å²) in [7, 11) is 0. The summed E-state index contributed by atoms with van der Waals surface area (Å²) in [5, 5.41) is 13.4. The number of benzene rings is 2. The number of rotatable bonds is 3. The number of nitrogens with two attached hydrogens (primary N) is 1. The van der Waals surface area contributed by atoms with Crippen LogP contribution in [0.2, 0.25) is 0 Å². The fourth-order valence-electron chi connectivity index (χ4n) is 1.59. The Hall–Kier alpha value is -2.89. The van der Waals surface area contributed by atoms with Gasteiger partial charge in [-0.05, 0) is 30.3 Å². The van der Waals surface area contributed by atoms with Gasteiger partial charge in [0.05, 0.1) is 4.92 Å². The van der Waals surface area contributed by atoms with E-state index in [2.05, 4.69) is 5.32 Å². The van der Waals surface area contributed by atoms with Crippen LogP contribution in [-0.2, 0) is 0 Å². The molecule has 19 heavy (non-hydrogen) atoms. The van der Waals surface area contributed by atoms with E-state index in [1.807, 2.05) is 0 Å². The first-order valence-corrected chi connectivity index (χ1v) is 5.48. The smallest absolute Gasteiger partial charge is 0.282 e. The maximum Gasteiger partial charge on any atom is 0.282 e. The van der Waals surface area contributed by atoms with Gasteiger partial charge in [-0.1, -0.05) is 12.1 Å². The average molecular weight is 257 g/mol. The van der Waals surface area contributed by atoms with Crippen LogP contribution in [-0.4, -0.2) is 10.8 Å². The molecule has 0 aromatic heterocycles. The first kappa shape index (κ1) is 12.6. The predicted molar refractivity (Wildman–Crippen MR) is 71.9 cm³/mol. The van der Waals surface area contributed by atoms with Crippen molar-refractivity contribution in [3.05, 3.63) is 64.2 Å². The minimum atomic E-state index is -0.585. The molecule has 0 heterocycles. The molecule has 0 aliphatic heterocycles. The summed E-state index contributed by atoms with van der Waals surface area (Å²) in [5.74, 6) is -0.530. The first-order chi connectivity index (χ1) is 9.08. The molecular formula is C13H11N3O3. The van der Waals surface area contributed by atoms with Crippen molar-refractivity contribution in [1.29, 1.82) is 0 Å². The van der Waals surface area contributed by atoms with Gasteiger partial charge in [-0.15, -0.1) is 0 Å². The van der Waals surface area contributed by atoms with Gasteiger partial charge < -0.3 is 11.1 Å². The first-order valence-electron chi connectivity index (χ1n) is 5.48. The Balaban J connectivity index is 2.25. The highest BCUT2D eigenvalue weighted by Gasteiger charge is 2.18. The van der Waals surface area contributed by atoms with E-state index in [-0.39, 0.29) is 11.3 Å². The molecule has 1 amide bonds. The third kappa shape index (κ3) is 2.86. The van der Waals surface area contributed by atoms with Crippen LogP contribution in [0.25, 0.3) is 0 Å². The van der Waals surface area contributed by atoms with Crippen molar-refractivity contribution in [1.82, 2.24) is 0 Å². The second-order valence-electron chi connectivity index (χ2n) is 3.85. The number of amides is 1. The quantitative estimate of drug-likeness (QED) is 0.501. The van der Waals surface area contributed by atoms with E-state index in [4.69, 9.17) is 5.73 Å². The van der Waals surface area contributed by atoms with Crippen LogP contribution in [0.5, 0.6) is 0 Å². The van der Waals surface area contributed by atoms with E-state index in [1.165, 1.54) is 18.2 Å². The molecule has 0 saturated heterocycles. The van der Waals surface area contributed by atoms with Crippen LogP contribution in [0.1, 0.15) is 10.4 Å². The van der Waals surface area contributed by atoms with E-state index >= 15 is 0 Å². The van der Waals surface area contributed by atoms with Crippen LogP contribution in [0.3, 0.4) is 0 Å². The number of para-hydroxylation sites is 1. The molecule has 0 aliphatic rings. The minimum absolute atomic E-state index is 0.0179. The summed E-state index contributed by atoms with van der Waals surface area (Å²) in [6.07, 6.45) is 0. The summed E-state index contributed by atoms with van der Waals surface area (Å²) in [4.78, 5) is 22.2. The number of anilines is 2. The second kappa shape index (κ2) is 5.18. The van der Waals surface area contributed by atoms with Crippen LogP contribution in [0.15, 0.2) is 48.5 Å². The number of nitro benzene ring substituents is 1. The van der Waals surface area contributed by atoms with Gasteiger partial charge in [0.25, 0.3) is 11.6 Å². The highest BCUT2D eigenvalue weighted by molar-refractivity contribution is 6.07. The zero-order valence-corrected chi connectivity index (χ0v) is 9.87. The van der Waals surface area contributed by atoms with Crippen LogP contribution >= 0.6 is 0 Å². The molecule has 0 unspecified atom stereocenters. The molecule has 0 fully saturated rings. The van der Waals surface area contributed by atoms with Gasteiger partial charge in [0.1, 0.15) is 5.56 Å². The number of carbonyl (C=O) groups excluding carboxylic acids is 1. The van der Waals surface area contributed by atoms with Gasteiger partial charge >= 0.3 is 0 Å². The molecule has 0 saturated carbocycles. The lowest BCUT2D eigenvalue weighted by molar-refractivity contribution is -0.385. The SMILES string of the molecule is Nc1ccc(NC(=O)c2ccccc2[N+](=O)[O-])cc1. The van der Waals surface area contributed by atoms with E-state index in [1.54, 1.807) is 30.3 Å². The molecule has 0 spiro atoms. The van der Waals surface area contributed by atoms with Gasteiger partial charge in [0, 0.05) is 17.4 Å². The monoisotopic (exact) mass is 257 g/mol. The number of nitrogen functional groups attached to an aromatic ring is 1. The number of hydrogen-bond donors (Lipinski definition) is 2. The second-order valence-corrected chi connectivity index (χ2v) is 3.85. The third-order valence-electron chi connectivity index (χ3n) is 2.51. The third-order valence-corrected chi connectivity index (χ3v) is 2.51. The molecular weight excluding hydrogens is 246 g/mol. The van der Waals surface area contributed by atoms with Crippen molar-refractivity contribution < 1.29 is 9.72 Å². The van der Waals surface area contributed by atoms with E-state index in [0.29, 0.717) is 11.4 Å². The summed E-state index contributed by atoms with van der Waals surface area (Å²) in [6.45, 7) is 0. The van der Waals surface area contributed by atoms with Crippen LogP contribution in [0, 0.1) is 10.1 Å². The van der Waals surface area contributed by atoms with Crippen LogP contribution in [0.4, 0.5) is 17.1 Å². The van der Waals surface area contributed by atoms with Gasteiger partial charge in [0.2, 0.25) is 0 Å². The topological polar surface area (TPSA) is 98.3 Å². The standard InChI is InChI=1S/C13H11N3O3/c14-9-5-7-10(8-6-9)15-13(17)11-3-1-2-4-12(11)16(18)19/h1-8H,14H2,(H,15,17). The number of nitrogens with zero attached hydrogens (tertiary/aromatic N) is 1. The molecule has 2 aromatic rings. The van der Waals surface area contributed by atoms with E-state index in [0.717, 1.165) is 0 Å². The van der Waals surface area contributed by atoms with Gasteiger partial charge in [-0.3, -0.25) is 14.9 Å². The molecule has 96 valence electrons. The van der Waals surface area contributed by atoms with Crippen molar-refractivity contribution in [2.45, 2.75) is 0 Å². The van der Waals surface area contributed by atoms with Crippen molar-refractivity contribution in [3.63, 3.8) is 0 Å². The van der Waals surface area contributed by atoms with Crippen molar-refractivity contribution >= 4 is 23.0 Å². The van der Waals surface area contributed by atoms with Crippen molar-refractivity contribution in [3.8, 4) is 0 Å². The molecule has 0 radical (unpaired) electrons. The fourth-order valence-corrected chi connectivity index (χ4v) is 1.59. The Morgan fingerprint density at radius 2 is 1.74 bits per heavy atom. The largest absolute Gasteiger partial charge is 0.399 e. The molecule has 6 nitrogen and oxygen atoms in total. The van der Waals surface area contributed by atoms with Gasteiger partial charge in [-0.2, -0.15) is 0 Å². The maximum absolute atomic E-state index is 12.0. The predicted octanol–water partition coefficient (Wildman–Crippen LogP) is 2.43. The fraction of sp³-hybridized carbons (Fsp3) is 0. The highest BCUT2D eigenvalue weighted by Crippen LogP contribution is 2.19. The Kier molecular flexibility index (Phi) is 3.42. The molecule has 2 aromatic carbocycles. The maximum atomic E-state index is 12.0. The zero-order chi connectivity index (χ0) is 13.8. The number of hydrogen-bond acceptors (Lipinski definition) is 4. The van der Waals surface area contributed by atoms with E-state index < -0.39 is 10.8 Å². The summed E-state index contributed by atoms with van der Waals surface area (Å²) >= 11 is 0. The van der Waals surface area contributed by atoms with Crippen molar-refractivity contribution in [2.75, 3.05) is 11.1 Å². The molecule has 6 heteroatoms. The van der Waals surface area contributed by atoms with Crippen molar-refractivity contribution in [2.24, 2.45) is 0 Å². The van der Waals surface area contributed by atoms with Crippen LogP contribution < -0.4 is 11.1 Å². The Bertz CT molecular complexity index is 623. The van der Waals surface area contributed by atoms with Gasteiger partial charge in [0.15, 0.2) is 0 Å². The van der Waals surface area contributed by atoms with E-state index in [9.17, 15) is 14.9 Å². The minimum Gasteiger partial charge on any atom is -0.399 e. The Morgan fingerprint density at radius 3 is 2.37 bits per heavy atom. The summed E-state index contributed by atoms with van der Waals surface area (Å²) in [6, 6.07) is 12.3.